The summed E-state index contributed by atoms with van der Waals surface area (Å²) in [5.41, 5.74) is 0. The lowest BCUT2D eigenvalue weighted by Gasteiger charge is -2.34. The molecule has 25 heavy (non-hydrogen) atoms. The quantitative estimate of drug-likeness (QED) is 0.850. The lowest BCUT2D eigenvalue weighted by Crippen LogP contribution is -2.45. The molecule has 2 aliphatic rings. The number of amides is 1. The molecule has 2 atom stereocenters. The fourth-order valence-corrected chi connectivity index (χ4v) is 6.44. The van der Waals surface area contributed by atoms with E-state index in [9.17, 15) is 23.1 Å². The van der Waals surface area contributed by atoms with Crippen LogP contribution in [-0.2, 0) is 14.8 Å². The van der Waals surface area contributed by atoms with E-state index in [1.807, 2.05) is 6.92 Å². The first-order chi connectivity index (χ1) is 11.8. The first-order valence-electron chi connectivity index (χ1n) is 8.42. The Hall–Kier alpha value is -1.45. The van der Waals surface area contributed by atoms with Gasteiger partial charge in [0.15, 0.2) is 0 Å². The molecule has 2 fully saturated rings. The molecule has 9 heteroatoms. The Bertz CT molecular complexity index is 767. The zero-order valence-corrected chi connectivity index (χ0v) is 15.7. The number of carboxylic acid groups (broad SMARTS) is 1. The molecule has 1 aromatic rings. The van der Waals surface area contributed by atoms with Gasteiger partial charge in [-0.15, -0.1) is 11.3 Å². The van der Waals surface area contributed by atoms with Gasteiger partial charge in [-0.2, -0.15) is 4.31 Å². The van der Waals surface area contributed by atoms with Crippen LogP contribution in [0.1, 0.15) is 35.9 Å². The standard InChI is InChI=1S/C16H22N2O5S2/c1-11-10-17(8-4-12(11)16(20)21)15(19)14-13(5-9-24-14)25(22,23)18-6-2-3-7-18/h5,9,11-12H,2-4,6-8,10H2,1H3,(H,20,21). The van der Waals surface area contributed by atoms with Gasteiger partial charge in [0.2, 0.25) is 10.0 Å². The summed E-state index contributed by atoms with van der Waals surface area (Å²) < 4.78 is 27.0. The van der Waals surface area contributed by atoms with Crippen LogP contribution in [0.3, 0.4) is 0 Å². The van der Waals surface area contributed by atoms with Crippen LogP contribution in [0.5, 0.6) is 0 Å². The molecule has 2 saturated heterocycles. The molecule has 3 rings (SSSR count). The molecule has 7 nitrogen and oxygen atoms in total. The molecule has 0 spiro atoms. The number of nitrogens with zero attached hydrogens (tertiary/aromatic N) is 2. The maximum atomic E-state index is 12.9. The van der Waals surface area contributed by atoms with Crippen LogP contribution in [0.2, 0.25) is 0 Å². The zero-order chi connectivity index (χ0) is 18.2. The van der Waals surface area contributed by atoms with Crippen molar-refractivity contribution in [1.82, 2.24) is 9.21 Å². The minimum Gasteiger partial charge on any atom is -0.481 e. The normalized spacial score (nSPS) is 25.2. The van der Waals surface area contributed by atoms with Crippen LogP contribution >= 0.6 is 11.3 Å². The lowest BCUT2D eigenvalue weighted by atomic mass is 9.87. The van der Waals surface area contributed by atoms with Crippen molar-refractivity contribution in [2.45, 2.75) is 31.1 Å². The van der Waals surface area contributed by atoms with Crippen molar-refractivity contribution in [3.8, 4) is 0 Å². The summed E-state index contributed by atoms with van der Waals surface area (Å²) in [7, 11) is -3.65. The molecule has 2 aliphatic heterocycles. The highest BCUT2D eigenvalue weighted by atomic mass is 32.2. The number of piperidine rings is 1. The topological polar surface area (TPSA) is 95.0 Å². The number of thiophene rings is 1. The van der Waals surface area contributed by atoms with E-state index < -0.39 is 21.9 Å². The van der Waals surface area contributed by atoms with Gasteiger partial charge in [-0.3, -0.25) is 9.59 Å². The van der Waals surface area contributed by atoms with Crippen molar-refractivity contribution in [3.63, 3.8) is 0 Å². The third kappa shape index (κ3) is 3.45. The largest absolute Gasteiger partial charge is 0.481 e. The highest BCUT2D eigenvalue weighted by Crippen LogP contribution is 2.31. The summed E-state index contributed by atoms with van der Waals surface area (Å²) >= 11 is 1.13. The summed E-state index contributed by atoms with van der Waals surface area (Å²) in [5, 5.41) is 10.8. The van der Waals surface area contributed by atoms with E-state index in [4.69, 9.17) is 0 Å². The van der Waals surface area contributed by atoms with E-state index >= 15 is 0 Å². The second-order valence-corrected chi connectivity index (χ2v) is 9.51. The van der Waals surface area contributed by atoms with E-state index in [0.717, 1.165) is 24.2 Å². The molecule has 0 aliphatic carbocycles. The van der Waals surface area contributed by atoms with Gasteiger partial charge in [-0.1, -0.05) is 6.92 Å². The number of hydrogen-bond donors (Lipinski definition) is 1. The van der Waals surface area contributed by atoms with E-state index in [0.29, 0.717) is 32.6 Å². The Balaban J connectivity index is 1.81. The molecule has 0 bridgehead atoms. The number of hydrogen-bond acceptors (Lipinski definition) is 5. The number of rotatable bonds is 4. The van der Waals surface area contributed by atoms with Crippen LogP contribution in [0, 0.1) is 11.8 Å². The van der Waals surface area contributed by atoms with Crippen molar-refractivity contribution < 1.29 is 23.1 Å². The van der Waals surface area contributed by atoms with Gasteiger partial charge in [-0.05, 0) is 36.6 Å². The zero-order valence-electron chi connectivity index (χ0n) is 14.1. The number of sulfonamides is 1. The van der Waals surface area contributed by atoms with Gasteiger partial charge in [0.25, 0.3) is 5.91 Å². The Kier molecular flexibility index (Phi) is 5.17. The highest BCUT2D eigenvalue weighted by Gasteiger charge is 2.37. The summed E-state index contributed by atoms with van der Waals surface area (Å²) in [6, 6.07) is 1.50. The second-order valence-electron chi connectivity index (χ2n) is 6.69. The minimum atomic E-state index is -3.65. The number of carboxylic acids is 1. The molecular weight excluding hydrogens is 364 g/mol. The second kappa shape index (κ2) is 7.05. The van der Waals surface area contributed by atoms with E-state index in [2.05, 4.69) is 0 Å². The third-order valence-electron chi connectivity index (χ3n) is 5.02. The van der Waals surface area contributed by atoms with Crippen molar-refractivity contribution in [2.75, 3.05) is 26.2 Å². The van der Waals surface area contributed by atoms with Crippen LogP contribution in [0.15, 0.2) is 16.3 Å². The maximum absolute atomic E-state index is 12.9. The smallest absolute Gasteiger partial charge is 0.306 e. The van der Waals surface area contributed by atoms with Gasteiger partial charge in [-0.25, -0.2) is 8.42 Å². The molecule has 3 heterocycles. The molecule has 2 unspecified atom stereocenters. The van der Waals surface area contributed by atoms with Gasteiger partial charge in [0.1, 0.15) is 9.77 Å². The van der Waals surface area contributed by atoms with Gasteiger partial charge >= 0.3 is 5.97 Å². The number of carbonyl (C=O) groups excluding carboxylic acids is 1. The fourth-order valence-electron chi connectivity index (χ4n) is 3.56. The third-order valence-corrected chi connectivity index (χ3v) is 7.99. The van der Waals surface area contributed by atoms with Gasteiger partial charge < -0.3 is 10.0 Å². The SMILES string of the molecule is CC1CN(C(=O)c2sccc2S(=O)(=O)N2CCCC2)CCC1C(=O)O. The van der Waals surface area contributed by atoms with Crippen LogP contribution in [0.4, 0.5) is 0 Å². The average molecular weight is 386 g/mol. The lowest BCUT2D eigenvalue weighted by molar-refractivity contribution is -0.145. The Morgan fingerprint density at radius 3 is 2.52 bits per heavy atom. The minimum absolute atomic E-state index is 0.0809. The van der Waals surface area contributed by atoms with Crippen molar-refractivity contribution in [2.24, 2.45) is 11.8 Å². The molecule has 0 saturated carbocycles. The van der Waals surface area contributed by atoms with Crippen LogP contribution in [0.25, 0.3) is 0 Å². The molecule has 1 N–H and O–H groups in total. The van der Waals surface area contributed by atoms with Crippen LogP contribution < -0.4 is 0 Å². The Labute approximate surface area is 151 Å². The van der Waals surface area contributed by atoms with Gasteiger partial charge in [0, 0.05) is 26.2 Å². The predicted octanol–water partition coefficient (Wildman–Crippen LogP) is 1.72. The van der Waals surface area contributed by atoms with Crippen molar-refractivity contribution in [1.29, 1.82) is 0 Å². The highest BCUT2D eigenvalue weighted by molar-refractivity contribution is 7.89. The first kappa shape index (κ1) is 18.3. The summed E-state index contributed by atoms with van der Waals surface area (Å²) in [6.07, 6.45) is 2.07. The molecule has 0 aromatic carbocycles. The maximum Gasteiger partial charge on any atom is 0.306 e. The Morgan fingerprint density at radius 1 is 1.24 bits per heavy atom. The molecule has 1 amide bonds. The van der Waals surface area contributed by atoms with Crippen LogP contribution in [-0.4, -0.2) is 60.8 Å². The summed E-state index contributed by atoms with van der Waals surface area (Å²) in [6.45, 7) is 3.46. The Morgan fingerprint density at radius 2 is 1.92 bits per heavy atom. The van der Waals surface area contributed by atoms with E-state index in [1.54, 1.807) is 10.3 Å². The number of carbonyl (C=O) groups is 2. The number of aliphatic carboxylic acids is 1. The van der Waals surface area contributed by atoms with Crippen molar-refractivity contribution in [3.05, 3.63) is 16.3 Å². The number of likely N-dealkylation sites (tertiary alicyclic amines) is 1. The molecule has 0 radical (unpaired) electrons. The average Bonchev–Trinajstić information content (AvgIpc) is 3.25. The summed E-state index contributed by atoms with van der Waals surface area (Å²) in [5.74, 6) is -1.77. The van der Waals surface area contributed by atoms with E-state index in [1.165, 1.54) is 10.4 Å². The fraction of sp³-hybridized carbons (Fsp3) is 0.625. The molecule has 138 valence electrons. The van der Waals surface area contributed by atoms with Crippen molar-refractivity contribution >= 4 is 33.2 Å². The summed E-state index contributed by atoms with van der Waals surface area (Å²) in [4.78, 5) is 26.0. The molecule has 1 aromatic heterocycles. The van der Waals surface area contributed by atoms with E-state index in [-0.39, 0.29) is 21.6 Å². The predicted molar refractivity (Wildman–Crippen MR) is 93.1 cm³/mol. The molecular formula is C16H22N2O5S2. The monoisotopic (exact) mass is 386 g/mol. The van der Waals surface area contributed by atoms with Gasteiger partial charge in [0.05, 0.1) is 5.92 Å². The first-order valence-corrected chi connectivity index (χ1v) is 10.7.